The molecule has 3 aromatic rings. The van der Waals surface area contributed by atoms with Gasteiger partial charge in [-0.3, -0.25) is 13.8 Å². The van der Waals surface area contributed by atoms with Gasteiger partial charge in [-0.15, -0.1) is 0 Å². The lowest BCUT2D eigenvalue weighted by molar-refractivity contribution is 0.0955. The van der Waals surface area contributed by atoms with Crippen molar-refractivity contribution in [1.29, 1.82) is 0 Å². The summed E-state index contributed by atoms with van der Waals surface area (Å²) in [7, 11) is -1.15. The van der Waals surface area contributed by atoms with Gasteiger partial charge in [0.25, 0.3) is 15.9 Å². The monoisotopic (exact) mass is 480 g/mol. The van der Waals surface area contributed by atoms with Gasteiger partial charge in [0.2, 0.25) is 0 Å². The maximum Gasteiger partial charge on any atom is 0.269 e. The number of rotatable bonds is 7. The molecule has 7 nitrogen and oxygen atoms in total. The summed E-state index contributed by atoms with van der Waals surface area (Å²) in [6.45, 7) is 1.95. The number of halogens is 2. The standard InChI is InChI=1S/C21H22Cl2N4O3S/c1-14-19(20(23)26(2)25-14)31(29,30)27(3)18-10-9-16(22)13-17(18)21(28)24-12-11-15-7-5-4-6-8-15/h4-10,13H,11-12H2,1-3H3,(H,24,28). The summed E-state index contributed by atoms with van der Waals surface area (Å²) in [5, 5.41) is 7.21. The number of hydrogen-bond acceptors (Lipinski definition) is 4. The summed E-state index contributed by atoms with van der Waals surface area (Å²) < 4.78 is 28.8. The van der Waals surface area contributed by atoms with E-state index in [1.54, 1.807) is 14.0 Å². The summed E-state index contributed by atoms with van der Waals surface area (Å²) in [5.41, 5.74) is 1.67. The lowest BCUT2D eigenvalue weighted by Crippen LogP contribution is -2.32. The highest BCUT2D eigenvalue weighted by atomic mass is 35.5. The first kappa shape index (κ1) is 23.1. The average Bonchev–Trinajstić information content (AvgIpc) is 3.00. The number of sulfonamides is 1. The third kappa shape index (κ3) is 4.87. The summed E-state index contributed by atoms with van der Waals surface area (Å²) >= 11 is 12.3. The smallest absolute Gasteiger partial charge is 0.269 e. The van der Waals surface area contributed by atoms with E-state index in [4.69, 9.17) is 23.2 Å². The molecule has 0 bridgehead atoms. The van der Waals surface area contributed by atoms with E-state index in [1.165, 1.54) is 29.9 Å². The molecule has 0 aliphatic heterocycles. The van der Waals surface area contributed by atoms with Crippen LogP contribution in [0.4, 0.5) is 5.69 Å². The van der Waals surface area contributed by atoms with E-state index in [1.807, 2.05) is 30.3 Å². The molecule has 0 aliphatic carbocycles. The van der Waals surface area contributed by atoms with E-state index < -0.39 is 15.9 Å². The van der Waals surface area contributed by atoms with Crippen molar-refractivity contribution < 1.29 is 13.2 Å². The molecule has 2 aromatic carbocycles. The van der Waals surface area contributed by atoms with E-state index in [9.17, 15) is 13.2 Å². The molecule has 10 heteroatoms. The predicted octanol–water partition coefficient (Wildman–Crippen LogP) is 3.83. The van der Waals surface area contributed by atoms with Crippen LogP contribution >= 0.6 is 23.2 Å². The first-order valence-electron chi connectivity index (χ1n) is 9.42. The van der Waals surface area contributed by atoms with Gasteiger partial charge in [-0.05, 0) is 37.1 Å². The lowest BCUT2D eigenvalue weighted by Gasteiger charge is -2.22. The zero-order valence-corrected chi connectivity index (χ0v) is 19.6. The highest BCUT2D eigenvalue weighted by Gasteiger charge is 2.31. The number of amides is 1. The third-order valence-corrected chi connectivity index (χ3v) is 7.51. The maximum atomic E-state index is 13.3. The van der Waals surface area contributed by atoms with Gasteiger partial charge < -0.3 is 5.32 Å². The highest BCUT2D eigenvalue weighted by Crippen LogP contribution is 2.32. The molecule has 0 unspecified atom stereocenters. The second kappa shape index (κ2) is 9.30. The van der Waals surface area contributed by atoms with E-state index in [2.05, 4.69) is 10.4 Å². The van der Waals surface area contributed by atoms with Crippen LogP contribution in [0.15, 0.2) is 53.4 Å². The molecular formula is C21H22Cl2N4O3S. The Morgan fingerprint density at radius 3 is 2.45 bits per heavy atom. The summed E-state index contributed by atoms with van der Waals surface area (Å²) in [6, 6.07) is 14.2. The van der Waals surface area contributed by atoms with Crippen molar-refractivity contribution in [3.05, 3.63) is 75.5 Å². The summed E-state index contributed by atoms with van der Waals surface area (Å²) in [4.78, 5) is 12.8. The number of benzene rings is 2. The van der Waals surface area contributed by atoms with Gasteiger partial charge in [0, 0.05) is 25.7 Å². The molecule has 0 atom stereocenters. The molecule has 31 heavy (non-hydrogen) atoms. The maximum absolute atomic E-state index is 13.3. The Morgan fingerprint density at radius 1 is 1.16 bits per heavy atom. The summed E-state index contributed by atoms with van der Waals surface area (Å²) in [5.74, 6) is -0.426. The van der Waals surface area contributed by atoms with E-state index >= 15 is 0 Å². The largest absolute Gasteiger partial charge is 0.352 e. The number of carbonyl (C=O) groups excluding carboxylic acids is 1. The number of hydrogen-bond donors (Lipinski definition) is 1. The quantitative estimate of drug-likeness (QED) is 0.556. The van der Waals surface area contributed by atoms with Crippen LogP contribution < -0.4 is 9.62 Å². The molecule has 1 heterocycles. The molecule has 3 rings (SSSR count). The van der Waals surface area contributed by atoms with Crippen LogP contribution in [-0.4, -0.2) is 37.7 Å². The molecule has 1 N–H and O–H groups in total. The molecule has 0 saturated carbocycles. The predicted molar refractivity (Wildman–Crippen MR) is 122 cm³/mol. The minimum Gasteiger partial charge on any atom is -0.352 e. The molecule has 164 valence electrons. The Morgan fingerprint density at radius 2 is 1.84 bits per heavy atom. The Kier molecular flexibility index (Phi) is 6.93. The topological polar surface area (TPSA) is 84.3 Å². The van der Waals surface area contributed by atoms with Crippen molar-refractivity contribution in [2.45, 2.75) is 18.2 Å². The lowest BCUT2D eigenvalue weighted by atomic mass is 10.1. The molecule has 1 amide bonds. The van der Waals surface area contributed by atoms with Crippen molar-refractivity contribution in [1.82, 2.24) is 15.1 Å². The SMILES string of the molecule is Cc1nn(C)c(Cl)c1S(=O)(=O)N(C)c1ccc(Cl)cc1C(=O)NCCc1ccccc1. The van der Waals surface area contributed by atoms with Crippen molar-refractivity contribution in [3.63, 3.8) is 0 Å². The number of aryl methyl sites for hydroxylation is 2. The number of nitrogens with zero attached hydrogens (tertiary/aromatic N) is 3. The second-order valence-electron chi connectivity index (χ2n) is 6.95. The van der Waals surface area contributed by atoms with Crippen LogP contribution in [0.2, 0.25) is 10.2 Å². The molecule has 1 aromatic heterocycles. The van der Waals surface area contributed by atoms with Gasteiger partial charge in [0.15, 0.2) is 0 Å². The van der Waals surface area contributed by atoms with Crippen LogP contribution in [0.25, 0.3) is 0 Å². The molecule has 0 fully saturated rings. The van der Waals surface area contributed by atoms with Gasteiger partial charge in [-0.1, -0.05) is 53.5 Å². The van der Waals surface area contributed by atoms with Crippen molar-refractivity contribution in [2.75, 3.05) is 17.9 Å². The van der Waals surface area contributed by atoms with Crippen LogP contribution in [-0.2, 0) is 23.5 Å². The van der Waals surface area contributed by atoms with Crippen LogP contribution in [0, 0.1) is 6.92 Å². The van der Waals surface area contributed by atoms with Crippen LogP contribution in [0.3, 0.4) is 0 Å². The minimum absolute atomic E-state index is 0.00724. The Bertz CT molecular complexity index is 1210. The minimum atomic E-state index is -4.07. The average molecular weight is 481 g/mol. The highest BCUT2D eigenvalue weighted by molar-refractivity contribution is 7.93. The van der Waals surface area contributed by atoms with Gasteiger partial charge in [-0.25, -0.2) is 8.42 Å². The Labute approximate surface area is 191 Å². The molecular weight excluding hydrogens is 459 g/mol. The van der Waals surface area contributed by atoms with E-state index in [0.717, 1.165) is 9.87 Å². The van der Waals surface area contributed by atoms with Crippen molar-refractivity contribution in [3.8, 4) is 0 Å². The van der Waals surface area contributed by atoms with Crippen molar-refractivity contribution >= 4 is 44.8 Å². The fraction of sp³-hybridized carbons (Fsp3) is 0.238. The van der Waals surface area contributed by atoms with Crippen LogP contribution in [0.1, 0.15) is 21.6 Å². The van der Waals surface area contributed by atoms with Crippen LogP contribution in [0.5, 0.6) is 0 Å². The molecule has 0 aliphatic rings. The Hall–Kier alpha value is -2.55. The number of nitrogens with one attached hydrogen (secondary N) is 1. The molecule has 0 spiro atoms. The first-order valence-corrected chi connectivity index (χ1v) is 11.6. The normalized spacial score (nSPS) is 11.4. The number of anilines is 1. The zero-order chi connectivity index (χ0) is 22.8. The van der Waals surface area contributed by atoms with Gasteiger partial charge in [0.05, 0.1) is 16.9 Å². The number of carbonyl (C=O) groups is 1. The zero-order valence-electron chi connectivity index (χ0n) is 17.3. The first-order chi connectivity index (χ1) is 14.6. The third-order valence-electron chi connectivity index (χ3n) is 4.80. The molecule has 0 radical (unpaired) electrons. The fourth-order valence-corrected chi connectivity index (χ4v) is 5.29. The Balaban J connectivity index is 1.89. The van der Waals surface area contributed by atoms with Gasteiger partial charge in [0.1, 0.15) is 10.0 Å². The summed E-state index contributed by atoms with van der Waals surface area (Å²) in [6.07, 6.45) is 0.640. The van der Waals surface area contributed by atoms with E-state index in [0.29, 0.717) is 18.0 Å². The second-order valence-corrected chi connectivity index (χ2v) is 9.66. The van der Waals surface area contributed by atoms with Crippen molar-refractivity contribution in [2.24, 2.45) is 7.05 Å². The number of aromatic nitrogens is 2. The fourth-order valence-electron chi connectivity index (χ4n) is 3.20. The van der Waals surface area contributed by atoms with E-state index in [-0.39, 0.29) is 27.0 Å². The molecule has 0 saturated heterocycles. The van der Waals surface area contributed by atoms with Gasteiger partial charge in [-0.2, -0.15) is 5.10 Å². The van der Waals surface area contributed by atoms with Gasteiger partial charge >= 0.3 is 0 Å².